The van der Waals surface area contributed by atoms with Crippen molar-refractivity contribution in [2.45, 2.75) is 32.4 Å². The number of aliphatic hydroxyl groups is 1. The summed E-state index contributed by atoms with van der Waals surface area (Å²) in [5, 5.41) is 22.8. The smallest absolute Gasteiger partial charge is 0.337 e. The second-order valence-corrected chi connectivity index (χ2v) is 7.35. The SMILES string of the molecule is Cc1nc([C@H]([C@H]2CCCNC2)n2cc(C(=O)O)ccc2=O)sc1CO. The number of hydrogen-bond acceptors (Lipinski definition) is 6. The fourth-order valence-corrected chi connectivity index (χ4v) is 4.39. The fourth-order valence-electron chi connectivity index (χ4n) is 3.27. The molecule has 3 heterocycles. The molecule has 0 unspecified atom stereocenters. The molecule has 3 rings (SSSR count). The van der Waals surface area contributed by atoms with Gasteiger partial charge in [-0.2, -0.15) is 0 Å². The van der Waals surface area contributed by atoms with Crippen LogP contribution in [0.15, 0.2) is 23.1 Å². The van der Waals surface area contributed by atoms with Crippen LogP contribution >= 0.6 is 11.3 Å². The van der Waals surface area contributed by atoms with E-state index >= 15 is 0 Å². The van der Waals surface area contributed by atoms with E-state index in [4.69, 9.17) is 0 Å². The lowest BCUT2D eigenvalue weighted by Crippen LogP contribution is -2.38. The summed E-state index contributed by atoms with van der Waals surface area (Å²) in [4.78, 5) is 29.2. The number of aromatic nitrogens is 2. The highest BCUT2D eigenvalue weighted by molar-refractivity contribution is 7.11. The Balaban J connectivity index is 2.12. The van der Waals surface area contributed by atoms with Gasteiger partial charge in [0.05, 0.1) is 28.8 Å². The maximum absolute atomic E-state index is 12.5. The quantitative estimate of drug-likeness (QED) is 0.742. The third-order valence-electron chi connectivity index (χ3n) is 4.57. The summed E-state index contributed by atoms with van der Waals surface area (Å²) >= 11 is 1.38. The summed E-state index contributed by atoms with van der Waals surface area (Å²) in [6.07, 6.45) is 3.32. The first-order chi connectivity index (χ1) is 12.0. The molecule has 2 aromatic rings. The number of nitrogens with zero attached hydrogens (tertiary/aromatic N) is 2. The molecule has 1 fully saturated rings. The lowest BCUT2D eigenvalue weighted by molar-refractivity contribution is 0.0695. The van der Waals surface area contributed by atoms with Gasteiger partial charge < -0.3 is 20.1 Å². The zero-order chi connectivity index (χ0) is 18.0. The number of hydrogen-bond donors (Lipinski definition) is 3. The van der Waals surface area contributed by atoms with Crippen molar-refractivity contribution in [3.63, 3.8) is 0 Å². The van der Waals surface area contributed by atoms with E-state index < -0.39 is 5.97 Å². The average Bonchev–Trinajstić information content (AvgIpc) is 2.98. The van der Waals surface area contributed by atoms with Gasteiger partial charge >= 0.3 is 5.97 Å². The fraction of sp³-hybridized carbons (Fsp3) is 0.471. The molecule has 0 spiro atoms. The van der Waals surface area contributed by atoms with E-state index in [1.54, 1.807) is 0 Å². The van der Waals surface area contributed by atoms with Crippen molar-refractivity contribution in [3.05, 3.63) is 49.8 Å². The Morgan fingerprint density at radius 2 is 2.32 bits per heavy atom. The van der Waals surface area contributed by atoms with E-state index in [1.165, 1.54) is 34.2 Å². The number of pyridine rings is 1. The van der Waals surface area contributed by atoms with Gasteiger partial charge in [-0.3, -0.25) is 4.79 Å². The Morgan fingerprint density at radius 1 is 1.52 bits per heavy atom. The molecule has 2 aromatic heterocycles. The molecular weight excluding hydrogens is 342 g/mol. The van der Waals surface area contributed by atoms with E-state index in [9.17, 15) is 19.8 Å². The molecule has 2 atom stereocenters. The molecule has 3 N–H and O–H groups in total. The van der Waals surface area contributed by atoms with Crippen molar-refractivity contribution in [3.8, 4) is 0 Å². The standard InChI is InChI=1S/C17H21N3O4S/c1-10-13(9-21)25-16(19-10)15(11-3-2-6-18-7-11)20-8-12(17(23)24)4-5-14(20)22/h4-5,8,11,15,18,21H,2-3,6-7,9H2,1H3,(H,23,24)/t11-,15-/m0/s1. The van der Waals surface area contributed by atoms with E-state index in [2.05, 4.69) is 10.3 Å². The predicted molar refractivity (Wildman–Crippen MR) is 94.2 cm³/mol. The van der Waals surface area contributed by atoms with Crippen LogP contribution in [0.4, 0.5) is 0 Å². The minimum Gasteiger partial charge on any atom is -0.478 e. The summed E-state index contributed by atoms with van der Waals surface area (Å²) in [7, 11) is 0. The number of carbonyl (C=O) groups is 1. The zero-order valence-electron chi connectivity index (χ0n) is 13.9. The van der Waals surface area contributed by atoms with Crippen LogP contribution in [-0.2, 0) is 6.61 Å². The zero-order valence-corrected chi connectivity index (χ0v) is 14.8. The number of aryl methyl sites for hydroxylation is 1. The molecule has 1 aliphatic heterocycles. The minimum atomic E-state index is -1.07. The van der Waals surface area contributed by atoms with Crippen LogP contribution in [0.25, 0.3) is 0 Å². The molecule has 1 aliphatic rings. The van der Waals surface area contributed by atoms with E-state index in [0.717, 1.165) is 41.5 Å². The van der Waals surface area contributed by atoms with Gasteiger partial charge in [-0.05, 0) is 38.3 Å². The van der Waals surface area contributed by atoms with Gasteiger partial charge in [0.1, 0.15) is 5.01 Å². The molecule has 0 radical (unpaired) electrons. The third-order valence-corrected chi connectivity index (χ3v) is 5.78. The molecule has 0 saturated carbocycles. The molecule has 0 aliphatic carbocycles. The van der Waals surface area contributed by atoms with E-state index in [1.807, 2.05) is 6.92 Å². The highest BCUT2D eigenvalue weighted by Crippen LogP contribution is 2.34. The summed E-state index contributed by atoms with van der Waals surface area (Å²) < 4.78 is 1.49. The highest BCUT2D eigenvalue weighted by atomic mass is 32.1. The molecule has 7 nitrogen and oxygen atoms in total. The molecule has 8 heteroatoms. The normalized spacial score (nSPS) is 18.9. The number of carboxylic acid groups (broad SMARTS) is 1. The number of aliphatic hydroxyl groups excluding tert-OH is 1. The van der Waals surface area contributed by atoms with Gasteiger partial charge in [-0.15, -0.1) is 11.3 Å². The average molecular weight is 363 g/mol. The van der Waals surface area contributed by atoms with Crippen molar-refractivity contribution < 1.29 is 15.0 Å². The van der Waals surface area contributed by atoms with Gasteiger partial charge in [-0.1, -0.05) is 0 Å². The monoisotopic (exact) mass is 363 g/mol. The molecule has 134 valence electrons. The highest BCUT2D eigenvalue weighted by Gasteiger charge is 2.30. The first kappa shape index (κ1) is 17.8. The molecule has 1 saturated heterocycles. The summed E-state index contributed by atoms with van der Waals surface area (Å²) in [5.74, 6) is -0.937. The van der Waals surface area contributed by atoms with Gasteiger partial charge in [0.15, 0.2) is 0 Å². The summed E-state index contributed by atoms with van der Waals surface area (Å²) in [6, 6.07) is 2.27. The number of carboxylic acids is 1. The molecular formula is C17H21N3O4S. The predicted octanol–water partition coefficient (Wildman–Crippen LogP) is 1.39. The second-order valence-electron chi connectivity index (χ2n) is 6.24. The van der Waals surface area contributed by atoms with Crippen LogP contribution in [0.5, 0.6) is 0 Å². The Kier molecular flexibility index (Phi) is 5.31. The maximum atomic E-state index is 12.5. The summed E-state index contributed by atoms with van der Waals surface area (Å²) in [6.45, 7) is 3.41. The number of nitrogens with one attached hydrogen (secondary N) is 1. The Labute approximate surface area is 149 Å². The van der Waals surface area contributed by atoms with Crippen LogP contribution in [-0.4, -0.2) is 38.8 Å². The number of thiazole rings is 1. The summed E-state index contributed by atoms with van der Waals surface area (Å²) in [5.41, 5.74) is 0.571. The van der Waals surface area contributed by atoms with Crippen LogP contribution in [0.1, 0.15) is 44.8 Å². The number of piperidine rings is 1. The van der Waals surface area contributed by atoms with Crippen LogP contribution in [0, 0.1) is 12.8 Å². The molecule has 0 amide bonds. The molecule has 0 aromatic carbocycles. The number of aromatic carboxylic acids is 1. The van der Waals surface area contributed by atoms with Gasteiger partial charge in [0.2, 0.25) is 0 Å². The Hall–Kier alpha value is -2.03. The van der Waals surface area contributed by atoms with Crippen molar-refractivity contribution in [1.82, 2.24) is 14.9 Å². The van der Waals surface area contributed by atoms with Crippen molar-refractivity contribution in [2.75, 3.05) is 13.1 Å². The van der Waals surface area contributed by atoms with Gasteiger partial charge in [0.25, 0.3) is 5.56 Å². The van der Waals surface area contributed by atoms with Crippen LogP contribution < -0.4 is 10.9 Å². The van der Waals surface area contributed by atoms with Crippen molar-refractivity contribution >= 4 is 17.3 Å². The van der Waals surface area contributed by atoms with Crippen LogP contribution in [0.3, 0.4) is 0 Å². The first-order valence-electron chi connectivity index (χ1n) is 8.24. The largest absolute Gasteiger partial charge is 0.478 e. The topological polar surface area (TPSA) is 104 Å². The van der Waals surface area contributed by atoms with Gasteiger partial charge in [-0.25, -0.2) is 9.78 Å². The second kappa shape index (κ2) is 7.47. The lowest BCUT2D eigenvalue weighted by Gasteiger charge is -2.31. The number of rotatable bonds is 5. The van der Waals surface area contributed by atoms with E-state index in [-0.39, 0.29) is 29.7 Å². The lowest BCUT2D eigenvalue weighted by atomic mass is 9.91. The van der Waals surface area contributed by atoms with Crippen LogP contribution in [0.2, 0.25) is 0 Å². The van der Waals surface area contributed by atoms with Crippen molar-refractivity contribution in [1.29, 1.82) is 0 Å². The third kappa shape index (κ3) is 3.65. The Bertz CT molecular complexity index is 824. The Morgan fingerprint density at radius 3 is 2.92 bits per heavy atom. The molecule has 25 heavy (non-hydrogen) atoms. The molecule has 0 bridgehead atoms. The van der Waals surface area contributed by atoms with Gasteiger partial charge in [0, 0.05) is 18.8 Å². The van der Waals surface area contributed by atoms with E-state index in [0.29, 0.717) is 0 Å². The minimum absolute atomic E-state index is 0.0732. The van der Waals surface area contributed by atoms with Crippen molar-refractivity contribution in [2.24, 2.45) is 5.92 Å². The maximum Gasteiger partial charge on any atom is 0.337 e. The first-order valence-corrected chi connectivity index (χ1v) is 9.06.